The fraction of sp³-hybridized carbons (Fsp3) is 0.240. The molecule has 0 spiro atoms. The van der Waals surface area contributed by atoms with Gasteiger partial charge >= 0.3 is 0 Å². The third-order valence-corrected chi connectivity index (χ3v) is 5.59. The van der Waals surface area contributed by atoms with Gasteiger partial charge in [0.15, 0.2) is 5.82 Å². The Morgan fingerprint density at radius 2 is 1.48 bits per heavy atom. The van der Waals surface area contributed by atoms with Gasteiger partial charge in [-0.25, -0.2) is 4.68 Å². The first-order chi connectivity index (χ1) is 14.2. The maximum Gasteiger partial charge on any atom is 0.183 e. The van der Waals surface area contributed by atoms with E-state index in [4.69, 9.17) is 0 Å². The third kappa shape index (κ3) is 3.70. The maximum atomic E-state index is 4.40. The second-order valence-electron chi connectivity index (χ2n) is 7.27. The van der Waals surface area contributed by atoms with E-state index in [0.717, 1.165) is 29.8 Å². The van der Waals surface area contributed by atoms with Crippen LogP contribution in [0.15, 0.2) is 72.8 Å². The quantitative estimate of drug-likeness (QED) is 0.427. The summed E-state index contributed by atoms with van der Waals surface area (Å²) in [6.07, 6.45) is 2.08. The molecule has 0 aliphatic rings. The Morgan fingerprint density at radius 3 is 2.21 bits per heavy atom. The van der Waals surface area contributed by atoms with Crippen LogP contribution in [0.4, 0.5) is 0 Å². The van der Waals surface area contributed by atoms with E-state index in [0.29, 0.717) is 0 Å². The van der Waals surface area contributed by atoms with E-state index >= 15 is 0 Å². The van der Waals surface area contributed by atoms with Crippen molar-refractivity contribution in [2.75, 3.05) is 0 Å². The van der Waals surface area contributed by atoms with Gasteiger partial charge in [-0.15, -0.1) is 5.10 Å². The van der Waals surface area contributed by atoms with Crippen molar-refractivity contribution in [2.24, 2.45) is 0 Å². The fourth-order valence-electron chi connectivity index (χ4n) is 3.90. The summed E-state index contributed by atoms with van der Waals surface area (Å²) < 4.78 is 1.91. The normalized spacial score (nSPS) is 12.1. The van der Waals surface area contributed by atoms with Gasteiger partial charge in [-0.05, 0) is 58.0 Å². The molecule has 0 amide bonds. The number of hydrogen-bond donors (Lipinski definition) is 0. The zero-order valence-corrected chi connectivity index (χ0v) is 17.2. The maximum absolute atomic E-state index is 4.40. The fourth-order valence-corrected chi connectivity index (χ4v) is 3.90. The molecule has 1 heterocycles. The van der Waals surface area contributed by atoms with E-state index in [9.17, 15) is 0 Å². The highest BCUT2D eigenvalue weighted by molar-refractivity contribution is 5.81. The molecule has 1 unspecified atom stereocenters. The molecule has 3 aromatic carbocycles. The first-order valence-corrected chi connectivity index (χ1v) is 10.3. The second-order valence-corrected chi connectivity index (χ2v) is 7.27. The standard InChI is InChI=1S/C25H26N4/c1-4-19-15-16-22(17-20(19)5-2)23-13-9-10-14-24(23)25-26-27-28-29(25)18(3)21-11-7-6-8-12-21/h6-18H,4-5H2,1-3H3. The summed E-state index contributed by atoms with van der Waals surface area (Å²) in [6.45, 7) is 6.55. The second kappa shape index (κ2) is 8.39. The van der Waals surface area contributed by atoms with Crippen molar-refractivity contribution in [3.8, 4) is 22.5 Å². The molecule has 0 saturated carbocycles. The Kier molecular flexibility index (Phi) is 5.52. The van der Waals surface area contributed by atoms with Crippen molar-refractivity contribution in [2.45, 2.75) is 39.7 Å². The van der Waals surface area contributed by atoms with Crippen LogP contribution in [0.25, 0.3) is 22.5 Å². The van der Waals surface area contributed by atoms with Crippen LogP contribution in [0, 0.1) is 0 Å². The summed E-state index contributed by atoms with van der Waals surface area (Å²) in [6, 6.07) is 25.5. The average Bonchev–Trinajstić information content (AvgIpc) is 3.28. The van der Waals surface area contributed by atoms with E-state index in [-0.39, 0.29) is 6.04 Å². The van der Waals surface area contributed by atoms with Gasteiger partial charge in [0.2, 0.25) is 0 Å². The van der Waals surface area contributed by atoms with Crippen molar-refractivity contribution in [1.82, 2.24) is 20.2 Å². The van der Waals surface area contributed by atoms with E-state index in [1.807, 2.05) is 28.9 Å². The molecule has 4 nitrogen and oxygen atoms in total. The van der Waals surface area contributed by atoms with Gasteiger partial charge in [0, 0.05) is 5.56 Å². The van der Waals surface area contributed by atoms with Crippen LogP contribution >= 0.6 is 0 Å². The summed E-state index contributed by atoms with van der Waals surface area (Å²) in [4.78, 5) is 0. The Bertz CT molecular complexity index is 1100. The lowest BCUT2D eigenvalue weighted by molar-refractivity contribution is 0.548. The van der Waals surface area contributed by atoms with Crippen LogP contribution < -0.4 is 0 Å². The van der Waals surface area contributed by atoms with E-state index in [2.05, 4.69) is 84.8 Å². The van der Waals surface area contributed by atoms with Crippen molar-refractivity contribution in [1.29, 1.82) is 0 Å². The van der Waals surface area contributed by atoms with Crippen LogP contribution in [0.2, 0.25) is 0 Å². The molecule has 0 radical (unpaired) electrons. The molecular formula is C25H26N4. The molecule has 4 heteroatoms. The number of aryl methyl sites for hydroxylation is 2. The van der Waals surface area contributed by atoms with Gasteiger partial charge in [0.25, 0.3) is 0 Å². The lowest BCUT2D eigenvalue weighted by atomic mass is 9.93. The van der Waals surface area contributed by atoms with Crippen molar-refractivity contribution in [3.05, 3.63) is 89.5 Å². The molecule has 0 saturated heterocycles. The van der Waals surface area contributed by atoms with Crippen molar-refractivity contribution < 1.29 is 0 Å². The largest absolute Gasteiger partial charge is 0.218 e. The summed E-state index contributed by atoms with van der Waals surface area (Å²) >= 11 is 0. The Balaban J connectivity index is 1.81. The Morgan fingerprint density at radius 1 is 0.793 bits per heavy atom. The molecule has 0 N–H and O–H groups in total. The van der Waals surface area contributed by atoms with Crippen LogP contribution in [-0.2, 0) is 12.8 Å². The summed E-state index contributed by atoms with van der Waals surface area (Å²) in [5, 5.41) is 12.7. The molecule has 4 rings (SSSR count). The predicted molar refractivity (Wildman–Crippen MR) is 118 cm³/mol. The number of nitrogens with zero attached hydrogens (tertiary/aromatic N) is 4. The first-order valence-electron chi connectivity index (χ1n) is 10.3. The molecular weight excluding hydrogens is 356 g/mol. The molecule has 29 heavy (non-hydrogen) atoms. The molecule has 0 bridgehead atoms. The number of tetrazole rings is 1. The van der Waals surface area contributed by atoms with Crippen LogP contribution in [-0.4, -0.2) is 20.2 Å². The van der Waals surface area contributed by atoms with Gasteiger partial charge < -0.3 is 0 Å². The van der Waals surface area contributed by atoms with E-state index in [1.54, 1.807) is 0 Å². The number of aromatic nitrogens is 4. The average molecular weight is 383 g/mol. The van der Waals surface area contributed by atoms with Crippen molar-refractivity contribution >= 4 is 0 Å². The van der Waals surface area contributed by atoms with E-state index < -0.39 is 0 Å². The summed E-state index contributed by atoms with van der Waals surface area (Å²) in [5.74, 6) is 0.787. The SMILES string of the molecule is CCc1ccc(-c2ccccc2-c2nnnn2C(C)c2ccccc2)cc1CC. The molecule has 146 valence electrons. The lowest BCUT2D eigenvalue weighted by Crippen LogP contribution is -2.10. The minimum Gasteiger partial charge on any atom is -0.218 e. The highest BCUT2D eigenvalue weighted by atomic mass is 15.5. The highest BCUT2D eigenvalue weighted by Gasteiger charge is 2.19. The van der Waals surface area contributed by atoms with Gasteiger partial charge in [0.05, 0.1) is 6.04 Å². The molecule has 0 fully saturated rings. The number of hydrogen-bond acceptors (Lipinski definition) is 3. The van der Waals surface area contributed by atoms with Gasteiger partial charge in [-0.3, -0.25) is 0 Å². The molecule has 0 aliphatic carbocycles. The van der Waals surface area contributed by atoms with Gasteiger partial charge in [0.1, 0.15) is 0 Å². The van der Waals surface area contributed by atoms with Crippen LogP contribution in [0.1, 0.15) is 43.5 Å². The Labute approximate surface area is 172 Å². The topological polar surface area (TPSA) is 43.6 Å². The predicted octanol–water partition coefficient (Wildman–Crippen LogP) is 5.74. The third-order valence-electron chi connectivity index (χ3n) is 5.59. The number of benzene rings is 3. The zero-order valence-electron chi connectivity index (χ0n) is 17.2. The Hall–Kier alpha value is -3.27. The molecule has 1 aromatic heterocycles. The highest BCUT2D eigenvalue weighted by Crippen LogP contribution is 2.33. The molecule has 0 aliphatic heterocycles. The summed E-state index contributed by atoms with van der Waals surface area (Å²) in [5.41, 5.74) is 7.40. The molecule has 4 aromatic rings. The number of rotatable bonds is 6. The zero-order chi connectivity index (χ0) is 20.2. The van der Waals surface area contributed by atoms with Crippen LogP contribution in [0.5, 0.6) is 0 Å². The summed E-state index contributed by atoms with van der Waals surface area (Å²) in [7, 11) is 0. The molecule has 1 atom stereocenters. The minimum absolute atomic E-state index is 0.0444. The van der Waals surface area contributed by atoms with Gasteiger partial charge in [-0.1, -0.05) is 86.6 Å². The minimum atomic E-state index is 0.0444. The smallest absolute Gasteiger partial charge is 0.183 e. The van der Waals surface area contributed by atoms with Gasteiger partial charge in [-0.2, -0.15) is 0 Å². The van der Waals surface area contributed by atoms with Crippen molar-refractivity contribution in [3.63, 3.8) is 0 Å². The lowest BCUT2D eigenvalue weighted by Gasteiger charge is -2.16. The van der Waals surface area contributed by atoms with E-state index in [1.165, 1.54) is 22.3 Å². The first kappa shape index (κ1) is 19.1. The van der Waals surface area contributed by atoms with Crippen LogP contribution in [0.3, 0.4) is 0 Å². The monoisotopic (exact) mass is 382 g/mol.